The summed E-state index contributed by atoms with van der Waals surface area (Å²) in [5, 5.41) is 14.6. The van der Waals surface area contributed by atoms with Gasteiger partial charge in [0.05, 0.1) is 11.4 Å². The van der Waals surface area contributed by atoms with Crippen LogP contribution in [0.15, 0.2) is 77.2 Å². The molecule has 1 amide bonds. The smallest absolute Gasteiger partial charge is 0.291 e. The van der Waals surface area contributed by atoms with Gasteiger partial charge in [0.25, 0.3) is 5.91 Å². The molecule has 0 fully saturated rings. The Morgan fingerprint density at radius 1 is 1.09 bits per heavy atom. The largest absolute Gasteiger partial charge is 0.489 e. The van der Waals surface area contributed by atoms with Crippen LogP contribution < -0.4 is 10.1 Å². The van der Waals surface area contributed by atoms with Gasteiger partial charge in [-0.3, -0.25) is 4.79 Å². The van der Waals surface area contributed by atoms with Crippen LogP contribution >= 0.6 is 0 Å². The van der Waals surface area contributed by atoms with Crippen LogP contribution in [0.25, 0.3) is 16.7 Å². The van der Waals surface area contributed by atoms with Crippen molar-refractivity contribution in [1.29, 1.82) is 0 Å². The molecule has 0 saturated carbocycles. The van der Waals surface area contributed by atoms with E-state index in [0.717, 1.165) is 5.39 Å². The predicted octanol–water partition coefficient (Wildman–Crippen LogP) is 4.69. The number of carbonyl (C=O) groups excluding carboxylic acids is 1. The van der Waals surface area contributed by atoms with Gasteiger partial charge in [-0.2, -0.15) is 4.68 Å². The first-order valence-electron chi connectivity index (χ1n) is 10.1. The maximum Gasteiger partial charge on any atom is 0.291 e. The topological polar surface area (TPSA) is 95.1 Å². The molecule has 0 aliphatic heterocycles. The van der Waals surface area contributed by atoms with Gasteiger partial charge in [0.1, 0.15) is 23.8 Å². The summed E-state index contributed by atoms with van der Waals surface area (Å²) in [6, 6.07) is 20.7. The summed E-state index contributed by atoms with van der Waals surface area (Å²) >= 11 is 0. The number of hydrogen-bond acceptors (Lipinski definition) is 6. The lowest BCUT2D eigenvalue weighted by atomic mass is 10.1. The number of hydrogen-bond donors (Lipinski definition) is 1. The van der Waals surface area contributed by atoms with E-state index in [9.17, 15) is 9.18 Å². The van der Waals surface area contributed by atoms with Gasteiger partial charge in [-0.1, -0.05) is 36.4 Å². The molecule has 8 nitrogen and oxygen atoms in total. The molecular formula is C24H18FN5O3. The molecule has 2 heterocycles. The summed E-state index contributed by atoms with van der Waals surface area (Å²) in [7, 11) is 0. The number of amides is 1. The Hall–Kier alpha value is -4.53. The van der Waals surface area contributed by atoms with Crippen LogP contribution in [0.4, 0.5) is 10.1 Å². The lowest BCUT2D eigenvalue weighted by Crippen LogP contribution is -2.15. The Kier molecular flexibility index (Phi) is 5.27. The minimum absolute atomic E-state index is 0.0252. The van der Waals surface area contributed by atoms with Crippen LogP contribution in [0.5, 0.6) is 5.75 Å². The Morgan fingerprint density at radius 3 is 2.67 bits per heavy atom. The number of benzene rings is 3. The zero-order valence-corrected chi connectivity index (χ0v) is 17.5. The third kappa shape index (κ3) is 4.03. The van der Waals surface area contributed by atoms with E-state index in [1.54, 1.807) is 13.0 Å². The number of para-hydroxylation sites is 2. The highest BCUT2D eigenvalue weighted by molar-refractivity contribution is 6.06. The number of carbonyl (C=O) groups is 1. The molecule has 0 bridgehead atoms. The maximum absolute atomic E-state index is 14.5. The highest BCUT2D eigenvalue weighted by Crippen LogP contribution is 2.29. The number of fused-ring (bicyclic) bond motifs is 1. The average molecular weight is 443 g/mol. The first-order chi connectivity index (χ1) is 16.1. The number of nitrogens with one attached hydrogen (secondary N) is 1. The summed E-state index contributed by atoms with van der Waals surface area (Å²) < 4.78 is 27.7. The second-order valence-corrected chi connectivity index (χ2v) is 7.26. The van der Waals surface area contributed by atoms with Crippen LogP contribution in [0, 0.1) is 12.7 Å². The molecule has 9 heteroatoms. The van der Waals surface area contributed by atoms with Gasteiger partial charge in [0.2, 0.25) is 0 Å². The molecule has 164 valence electrons. The number of anilines is 1. The number of aryl methyl sites for hydroxylation is 1. The summed E-state index contributed by atoms with van der Waals surface area (Å²) in [4.78, 5) is 13.2. The van der Waals surface area contributed by atoms with E-state index in [2.05, 4.69) is 20.8 Å². The number of tetrazole rings is 1. The number of rotatable bonds is 6. The van der Waals surface area contributed by atoms with Crippen molar-refractivity contribution in [1.82, 2.24) is 20.2 Å². The fourth-order valence-corrected chi connectivity index (χ4v) is 3.49. The van der Waals surface area contributed by atoms with Crippen molar-refractivity contribution in [3.63, 3.8) is 0 Å². The Labute approximate surface area is 187 Å². The first kappa shape index (κ1) is 20.4. The van der Waals surface area contributed by atoms with Crippen molar-refractivity contribution in [2.45, 2.75) is 13.5 Å². The van der Waals surface area contributed by atoms with E-state index in [-0.39, 0.29) is 18.1 Å². The van der Waals surface area contributed by atoms with Gasteiger partial charge < -0.3 is 14.5 Å². The van der Waals surface area contributed by atoms with Gasteiger partial charge in [-0.15, -0.1) is 5.10 Å². The minimum Gasteiger partial charge on any atom is -0.489 e. The highest BCUT2D eigenvalue weighted by atomic mass is 19.1. The van der Waals surface area contributed by atoms with E-state index < -0.39 is 11.7 Å². The molecular weight excluding hydrogens is 425 g/mol. The molecule has 5 rings (SSSR count). The second kappa shape index (κ2) is 8.54. The zero-order chi connectivity index (χ0) is 22.8. The van der Waals surface area contributed by atoms with Crippen molar-refractivity contribution >= 4 is 22.6 Å². The standard InChI is InChI=1S/C24H18FN5O3/c1-15-27-28-29-30(15)16-11-12-20(25)21(13-16)26-24(31)23-19(14-32-17-7-3-2-4-8-17)18-9-5-6-10-22(18)33-23/h2-13H,14H2,1H3,(H,26,31). The third-order valence-electron chi connectivity index (χ3n) is 5.10. The molecule has 0 saturated heterocycles. The van der Waals surface area contributed by atoms with Crippen molar-refractivity contribution in [3.8, 4) is 11.4 Å². The summed E-state index contributed by atoms with van der Waals surface area (Å²) in [5.74, 6) is 0.0372. The Bertz CT molecular complexity index is 1450. The van der Waals surface area contributed by atoms with Gasteiger partial charge >= 0.3 is 0 Å². The number of nitrogens with zero attached hydrogens (tertiary/aromatic N) is 4. The van der Waals surface area contributed by atoms with Crippen LogP contribution in [-0.2, 0) is 6.61 Å². The normalized spacial score (nSPS) is 11.0. The summed E-state index contributed by atoms with van der Waals surface area (Å²) in [6.45, 7) is 1.82. The zero-order valence-electron chi connectivity index (χ0n) is 17.5. The van der Waals surface area contributed by atoms with Crippen LogP contribution in [0.3, 0.4) is 0 Å². The molecule has 0 aliphatic rings. The van der Waals surface area contributed by atoms with E-state index in [1.807, 2.05) is 48.5 Å². The third-order valence-corrected chi connectivity index (χ3v) is 5.10. The SMILES string of the molecule is Cc1nnnn1-c1ccc(F)c(NC(=O)c2oc3ccccc3c2COc2ccccc2)c1. The van der Waals surface area contributed by atoms with Crippen molar-refractivity contribution in [2.75, 3.05) is 5.32 Å². The molecule has 0 spiro atoms. The predicted molar refractivity (Wildman–Crippen MR) is 119 cm³/mol. The molecule has 0 aliphatic carbocycles. The van der Waals surface area contributed by atoms with Crippen molar-refractivity contribution < 1.29 is 18.3 Å². The molecule has 3 aromatic carbocycles. The number of furan rings is 1. The van der Waals surface area contributed by atoms with E-state index in [4.69, 9.17) is 9.15 Å². The van der Waals surface area contributed by atoms with Crippen molar-refractivity contribution in [3.05, 3.63) is 95.8 Å². The maximum atomic E-state index is 14.5. The fourth-order valence-electron chi connectivity index (χ4n) is 3.49. The lowest BCUT2D eigenvalue weighted by molar-refractivity contribution is 0.0995. The monoisotopic (exact) mass is 443 g/mol. The summed E-state index contributed by atoms with van der Waals surface area (Å²) in [6.07, 6.45) is 0. The average Bonchev–Trinajstić information content (AvgIpc) is 3.43. The molecule has 5 aromatic rings. The van der Waals surface area contributed by atoms with Crippen LogP contribution in [0.2, 0.25) is 0 Å². The first-order valence-corrected chi connectivity index (χ1v) is 10.1. The summed E-state index contributed by atoms with van der Waals surface area (Å²) in [5.41, 5.74) is 1.59. The van der Waals surface area contributed by atoms with E-state index in [1.165, 1.54) is 22.9 Å². The van der Waals surface area contributed by atoms with E-state index in [0.29, 0.717) is 28.4 Å². The quantitative estimate of drug-likeness (QED) is 0.409. The van der Waals surface area contributed by atoms with Crippen molar-refractivity contribution in [2.24, 2.45) is 0 Å². The Balaban J connectivity index is 1.47. The van der Waals surface area contributed by atoms with Gasteiger partial charge in [0, 0.05) is 10.9 Å². The highest BCUT2D eigenvalue weighted by Gasteiger charge is 2.22. The lowest BCUT2D eigenvalue weighted by Gasteiger charge is -2.10. The van der Waals surface area contributed by atoms with Gasteiger partial charge in [-0.05, 0) is 53.7 Å². The number of halogens is 1. The molecule has 0 atom stereocenters. The molecule has 1 N–H and O–H groups in total. The molecule has 0 radical (unpaired) electrons. The minimum atomic E-state index is -0.601. The molecule has 0 unspecified atom stereocenters. The van der Waals surface area contributed by atoms with Gasteiger partial charge in [-0.25, -0.2) is 4.39 Å². The Morgan fingerprint density at radius 2 is 1.88 bits per heavy atom. The fraction of sp³-hybridized carbons (Fsp3) is 0.0833. The molecule has 2 aromatic heterocycles. The van der Waals surface area contributed by atoms with Crippen LogP contribution in [0.1, 0.15) is 21.9 Å². The van der Waals surface area contributed by atoms with Crippen LogP contribution in [-0.4, -0.2) is 26.1 Å². The van der Waals surface area contributed by atoms with E-state index >= 15 is 0 Å². The number of ether oxygens (including phenoxy) is 1. The second-order valence-electron chi connectivity index (χ2n) is 7.26. The van der Waals surface area contributed by atoms with Gasteiger partial charge in [0.15, 0.2) is 11.6 Å². The molecule has 33 heavy (non-hydrogen) atoms. The number of aromatic nitrogens is 4.